The van der Waals surface area contributed by atoms with Crippen molar-refractivity contribution in [3.63, 3.8) is 0 Å². The molecule has 2 fully saturated rings. The van der Waals surface area contributed by atoms with Gasteiger partial charge in [-0.2, -0.15) is 0 Å². The number of nitrogens with one attached hydrogen (secondary N) is 1. The van der Waals surface area contributed by atoms with Crippen LogP contribution in [0.5, 0.6) is 0 Å². The van der Waals surface area contributed by atoms with Crippen LogP contribution in [-0.4, -0.2) is 29.4 Å². The van der Waals surface area contributed by atoms with Gasteiger partial charge in [-0.05, 0) is 44.0 Å². The van der Waals surface area contributed by atoms with Gasteiger partial charge < -0.3 is 14.6 Å². The smallest absolute Gasteiger partial charge is 0.289 e. The lowest BCUT2D eigenvalue weighted by atomic mass is 10.1. The normalized spacial score (nSPS) is 20.0. The third-order valence-electron chi connectivity index (χ3n) is 4.32. The van der Waals surface area contributed by atoms with E-state index < -0.39 is 11.9 Å². The molecule has 2 amide bonds. The van der Waals surface area contributed by atoms with Crippen LogP contribution >= 0.6 is 0 Å². The number of oxazole rings is 1. The molecule has 0 spiro atoms. The summed E-state index contributed by atoms with van der Waals surface area (Å²) in [5.74, 6) is 0.0856. The Labute approximate surface area is 137 Å². The zero-order valence-corrected chi connectivity index (χ0v) is 13.1. The Balaban J connectivity index is 1.40. The number of carbonyl (C=O) groups is 2. The van der Waals surface area contributed by atoms with Crippen molar-refractivity contribution in [2.24, 2.45) is 0 Å². The zero-order chi connectivity index (χ0) is 16.8. The van der Waals surface area contributed by atoms with E-state index >= 15 is 0 Å². The van der Waals surface area contributed by atoms with Gasteiger partial charge in [-0.3, -0.25) is 9.59 Å². The van der Waals surface area contributed by atoms with Gasteiger partial charge in [-0.1, -0.05) is 0 Å². The first-order valence-corrected chi connectivity index (χ1v) is 7.88. The molecular weight excluding hydrogens is 313 g/mol. The number of β-lactam (4-membered cyclic amide) rings is 1. The van der Waals surface area contributed by atoms with Crippen LogP contribution in [0, 0.1) is 12.7 Å². The van der Waals surface area contributed by atoms with E-state index in [1.54, 1.807) is 6.92 Å². The second-order valence-electron chi connectivity index (χ2n) is 6.19. The van der Waals surface area contributed by atoms with Crippen LogP contribution in [-0.2, 0) is 4.79 Å². The number of halogens is 1. The van der Waals surface area contributed by atoms with Gasteiger partial charge in [0.2, 0.25) is 5.76 Å². The molecule has 124 valence electrons. The molecule has 1 saturated carbocycles. The third-order valence-corrected chi connectivity index (χ3v) is 4.32. The van der Waals surface area contributed by atoms with Crippen LogP contribution in [0.15, 0.2) is 28.7 Å². The predicted molar refractivity (Wildman–Crippen MR) is 83.2 cm³/mol. The number of rotatable bonds is 4. The molecule has 2 aliphatic rings. The molecular formula is C17H16FN3O3. The van der Waals surface area contributed by atoms with Gasteiger partial charge >= 0.3 is 0 Å². The molecule has 6 nitrogen and oxygen atoms in total. The van der Waals surface area contributed by atoms with Crippen molar-refractivity contribution < 1.29 is 18.4 Å². The van der Waals surface area contributed by atoms with E-state index in [0.29, 0.717) is 29.7 Å². The van der Waals surface area contributed by atoms with Crippen molar-refractivity contribution in [2.45, 2.75) is 31.7 Å². The number of nitrogens with zero attached hydrogens (tertiary/aromatic N) is 2. The van der Waals surface area contributed by atoms with Crippen molar-refractivity contribution in [1.82, 2.24) is 10.3 Å². The number of amides is 2. The van der Waals surface area contributed by atoms with Crippen LogP contribution in [0.25, 0.3) is 0 Å². The Morgan fingerprint density at radius 2 is 2.04 bits per heavy atom. The van der Waals surface area contributed by atoms with Crippen LogP contribution in [0.3, 0.4) is 0 Å². The molecule has 1 saturated heterocycles. The standard InChI is InChI=1S/C17H16FN3O3/c1-9-14(24-16(19-9)10-2-3-10)15(22)20-13-8-21(17(13)23)12-6-4-11(18)5-7-12/h4-7,10,13H,2-3,8H2,1H3,(H,20,22). The summed E-state index contributed by atoms with van der Waals surface area (Å²) in [6.07, 6.45) is 2.07. The molecule has 0 radical (unpaired) electrons. The average molecular weight is 329 g/mol. The van der Waals surface area contributed by atoms with Gasteiger partial charge in [0.25, 0.3) is 11.8 Å². The molecule has 1 aliphatic heterocycles. The number of hydrogen-bond acceptors (Lipinski definition) is 4. The number of benzene rings is 1. The van der Waals surface area contributed by atoms with Gasteiger partial charge in [-0.15, -0.1) is 0 Å². The van der Waals surface area contributed by atoms with Crippen LogP contribution in [0.1, 0.15) is 40.9 Å². The molecule has 1 aromatic heterocycles. The monoisotopic (exact) mass is 329 g/mol. The van der Waals surface area contributed by atoms with Crippen molar-refractivity contribution in [2.75, 3.05) is 11.4 Å². The highest BCUT2D eigenvalue weighted by molar-refractivity contribution is 6.07. The number of hydrogen-bond donors (Lipinski definition) is 1. The minimum Gasteiger partial charge on any atom is -0.435 e. The highest BCUT2D eigenvalue weighted by Gasteiger charge is 2.40. The maximum absolute atomic E-state index is 12.9. The Morgan fingerprint density at radius 1 is 1.33 bits per heavy atom. The van der Waals surface area contributed by atoms with E-state index in [1.807, 2.05) is 0 Å². The lowest BCUT2D eigenvalue weighted by Crippen LogP contribution is -2.64. The molecule has 2 aromatic rings. The van der Waals surface area contributed by atoms with Crippen LogP contribution < -0.4 is 10.2 Å². The second-order valence-corrected chi connectivity index (χ2v) is 6.19. The Kier molecular flexibility index (Phi) is 3.37. The van der Waals surface area contributed by atoms with E-state index in [1.165, 1.54) is 29.2 Å². The SMILES string of the molecule is Cc1nc(C2CC2)oc1C(=O)NC1CN(c2ccc(F)cc2)C1=O. The van der Waals surface area contributed by atoms with Crippen LogP contribution in [0.4, 0.5) is 10.1 Å². The minimum absolute atomic E-state index is 0.171. The van der Waals surface area contributed by atoms with Gasteiger partial charge in [0.1, 0.15) is 11.9 Å². The summed E-state index contributed by atoms with van der Waals surface area (Å²) in [6.45, 7) is 2.07. The number of aryl methyl sites for hydroxylation is 1. The lowest BCUT2D eigenvalue weighted by Gasteiger charge is -2.38. The second kappa shape index (κ2) is 5.43. The maximum Gasteiger partial charge on any atom is 0.289 e. The minimum atomic E-state index is -0.601. The van der Waals surface area contributed by atoms with E-state index in [0.717, 1.165) is 12.8 Å². The lowest BCUT2D eigenvalue weighted by molar-refractivity contribution is -0.124. The summed E-state index contributed by atoms with van der Waals surface area (Å²) < 4.78 is 18.5. The summed E-state index contributed by atoms with van der Waals surface area (Å²) in [5, 5.41) is 2.67. The van der Waals surface area contributed by atoms with Crippen molar-refractivity contribution in [1.29, 1.82) is 0 Å². The summed E-state index contributed by atoms with van der Waals surface area (Å²) in [7, 11) is 0. The summed E-state index contributed by atoms with van der Waals surface area (Å²) >= 11 is 0. The molecule has 1 atom stereocenters. The first-order chi connectivity index (χ1) is 11.5. The van der Waals surface area contributed by atoms with E-state index in [2.05, 4.69) is 10.3 Å². The first kappa shape index (κ1) is 14.9. The van der Waals surface area contributed by atoms with Crippen molar-refractivity contribution in [3.05, 3.63) is 47.4 Å². The predicted octanol–water partition coefficient (Wildman–Crippen LogP) is 2.14. The number of anilines is 1. The molecule has 7 heteroatoms. The fraction of sp³-hybridized carbons (Fsp3) is 0.353. The molecule has 0 bridgehead atoms. The molecule has 1 N–H and O–H groups in total. The van der Waals surface area contributed by atoms with Crippen molar-refractivity contribution >= 4 is 17.5 Å². The van der Waals surface area contributed by atoms with Gasteiger partial charge in [0.05, 0.1) is 12.2 Å². The Morgan fingerprint density at radius 3 is 2.67 bits per heavy atom. The molecule has 1 aromatic carbocycles. The zero-order valence-electron chi connectivity index (χ0n) is 13.1. The van der Waals surface area contributed by atoms with Crippen molar-refractivity contribution in [3.8, 4) is 0 Å². The van der Waals surface area contributed by atoms with Crippen LogP contribution in [0.2, 0.25) is 0 Å². The fourth-order valence-electron chi connectivity index (χ4n) is 2.74. The van der Waals surface area contributed by atoms with E-state index in [4.69, 9.17) is 4.42 Å². The molecule has 1 unspecified atom stereocenters. The first-order valence-electron chi connectivity index (χ1n) is 7.88. The highest BCUT2D eigenvalue weighted by Crippen LogP contribution is 2.40. The van der Waals surface area contributed by atoms with Gasteiger partial charge in [0, 0.05) is 11.6 Å². The summed E-state index contributed by atoms with van der Waals surface area (Å²) in [6, 6.07) is 5.07. The number of carbonyl (C=O) groups excluding carboxylic acids is 2. The molecule has 24 heavy (non-hydrogen) atoms. The van der Waals surface area contributed by atoms with E-state index in [9.17, 15) is 14.0 Å². The summed E-state index contributed by atoms with van der Waals surface area (Å²) in [5.41, 5.74) is 1.15. The fourth-order valence-corrected chi connectivity index (χ4v) is 2.74. The molecule has 2 heterocycles. The number of aromatic nitrogens is 1. The quantitative estimate of drug-likeness (QED) is 0.872. The summed E-state index contributed by atoms with van der Waals surface area (Å²) in [4.78, 5) is 30.3. The topological polar surface area (TPSA) is 75.4 Å². The third kappa shape index (κ3) is 2.55. The molecule has 1 aliphatic carbocycles. The Bertz CT molecular complexity index is 811. The van der Waals surface area contributed by atoms with E-state index in [-0.39, 0.29) is 17.5 Å². The van der Waals surface area contributed by atoms with Gasteiger partial charge in [-0.25, -0.2) is 9.37 Å². The maximum atomic E-state index is 12.9. The highest BCUT2D eigenvalue weighted by atomic mass is 19.1. The van der Waals surface area contributed by atoms with Gasteiger partial charge in [0.15, 0.2) is 5.89 Å². The Hall–Kier alpha value is -2.70. The average Bonchev–Trinajstić information content (AvgIpc) is 3.34. The molecule has 4 rings (SSSR count). The largest absolute Gasteiger partial charge is 0.435 e.